The molecule has 7 nitrogen and oxygen atoms in total. The van der Waals surface area contributed by atoms with Gasteiger partial charge in [0.05, 0.1) is 5.69 Å². The number of amides is 2. The van der Waals surface area contributed by atoms with Crippen LogP contribution in [0.3, 0.4) is 0 Å². The van der Waals surface area contributed by atoms with Crippen molar-refractivity contribution in [2.45, 2.75) is 25.8 Å². The predicted molar refractivity (Wildman–Crippen MR) is 142 cm³/mol. The van der Waals surface area contributed by atoms with Crippen LogP contribution in [-0.4, -0.2) is 35.7 Å². The van der Waals surface area contributed by atoms with Crippen LogP contribution in [0.15, 0.2) is 66.7 Å². The van der Waals surface area contributed by atoms with E-state index >= 15 is 0 Å². The molecule has 35 heavy (non-hydrogen) atoms. The molecule has 0 fully saturated rings. The van der Waals surface area contributed by atoms with Gasteiger partial charge in [0.25, 0.3) is 5.91 Å². The van der Waals surface area contributed by atoms with Crippen molar-refractivity contribution in [1.29, 1.82) is 0 Å². The SMILES string of the molecule is CC(C)C(NC(=O)c1ccc(NC(=O)OCC2c3ccccc3-c3ccccc32)c(I)c1)C(=O)O. The molecule has 0 heterocycles. The fourth-order valence-electron chi connectivity index (χ4n) is 4.24. The van der Waals surface area contributed by atoms with E-state index in [1.54, 1.807) is 26.0 Å². The number of aliphatic carboxylic acids is 1. The monoisotopic (exact) mass is 584 g/mol. The highest BCUT2D eigenvalue weighted by atomic mass is 127. The number of halogens is 1. The second-order valence-corrected chi connectivity index (χ2v) is 9.84. The van der Waals surface area contributed by atoms with Crippen molar-refractivity contribution in [2.75, 3.05) is 11.9 Å². The largest absolute Gasteiger partial charge is 0.480 e. The van der Waals surface area contributed by atoms with E-state index in [4.69, 9.17) is 4.74 Å². The minimum Gasteiger partial charge on any atom is -0.480 e. The minimum absolute atomic E-state index is 0.0403. The Bertz CT molecular complexity index is 1240. The van der Waals surface area contributed by atoms with Gasteiger partial charge in [0, 0.05) is 15.1 Å². The third-order valence-electron chi connectivity index (χ3n) is 6.03. The maximum atomic E-state index is 12.6. The minimum atomic E-state index is -1.09. The van der Waals surface area contributed by atoms with Crippen LogP contribution in [0.5, 0.6) is 0 Å². The summed E-state index contributed by atoms with van der Waals surface area (Å²) >= 11 is 2.01. The number of carboxylic acid groups (broad SMARTS) is 1. The Morgan fingerprint density at radius 1 is 0.971 bits per heavy atom. The standard InChI is InChI=1S/C27H25IN2O5/c1-15(2)24(26(32)33)30-25(31)16-11-12-23(22(28)13-16)29-27(34)35-14-21-19-9-5-3-7-17(19)18-8-4-6-10-20(18)21/h3-13,15,21,24H,14H2,1-2H3,(H,29,34)(H,30,31)(H,32,33). The molecule has 0 spiro atoms. The summed E-state index contributed by atoms with van der Waals surface area (Å²) in [5, 5.41) is 14.6. The van der Waals surface area contributed by atoms with Gasteiger partial charge in [-0.3, -0.25) is 10.1 Å². The molecule has 1 unspecified atom stereocenters. The molecule has 1 atom stereocenters. The van der Waals surface area contributed by atoms with Crippen LogP contribution in [0.2, 0.25) is 0 Å². The van der Waals surface area contributed by atoms with Crippen molar-refractivity contribution in [1.82, 2.24) is 5.32 Å². The Kier molecular flexibility index (Phi) is 7.39. The van der Waals surface area contributed by atoms with E-state index in [0.29, 0.717) is 14.8 Å². The molecule has 0 bridgehead atoms. The van der Waals surface area contributed by atoms with Gasteiger partial charge in [-0.05, 0) is 69.0 Å². The average molecular weight is 584 g/mol. The summed E-state index contributed by atoms with van der Waals surface area (Å²) in [7, 11) is 0. The lowest BCUT2D eigenvalue weighted by atomic mass is 9.98. The predicted octanol–water partition coefficient (Wildman–Crippen LogP) is 5.49. The van der Waals surface area contributed by atoms with Crippen LogP contribution in [0.4, 0.5) is 10.5 Å². The molecule has 0 aliphatic heterocycles. The summed E-state index contributed by atoms with van der Waals surface area (Å²) in [4.78, 5) is 36.5. The van der Waals surface area contributed by atoms with E-state index < -0.39 is 24.0 Å². The van der Waals surface area contributed by atoms with Gasteiger partial charge < -0.3 is 15.2 Å². The number of fused-ring (bicyclic) bond motifs is 3. The molecule has 0 radical (unpaired) electrons. The van der Waals surface area contributed by atoms with Crippen LogP contribution in [0.25, 0.3) is 11.1 Å². The summed E-state index contributed by atoms with van der Waals surface area (Å²) in [6.45, 7) is 3.65. The maximum absolute atomic E-state index is 12.6. The number of anilines is 1. The number of carboxylic acids is 1. The van der Waals surface area contributed by atoms with Gasteiger partial charge in [0.15, 0.2) is 0 Å². The molecular formula is C27H25IN2O5. The van der Waals surface area contributed by atoms with E-state index in [0.717, 1.165) is 22.3 Å². The van der Waals surface area contributed by atoms with E-state index in [1.165, 1.54) is 6.07 Å². The number of nitrogens with one attached hydrogen (secondary N) is 2. The van der Waals surface area contributed by atoms with Gasteiger partial charge in [-0.1, -0.05) is 62.4 Å². The average Bonchev–Trinajstić information content (AvgIpc) is 3.15. The first-order chi connectivity index (χ1) is 16.8. The first-order valence-electron chi connectivity index (χ1n) is 11.2. The first kappa shape index (κ1) is 24.7. The Morgan fingerprint density at radius 2 is 1.57 bits per heavy atom. The van der Waals surface area contributed by atoms with E-state index in [-0.39, 0.29) is 18.4 Å². The third kappa shape index (κ3) is 5.32. The smallest absolute Gasteiger partial charge is 0.411 e. The fraction of sp³-hybridized carbons (Fsp3) is 0.222. The van der Waals surface area contributed by atoms with Crippen molar-refractivity contribution in [3.8, 4) is 11.1 Å². The van der Waals surface area contributed by atoms with Gasteiger partial charge in [-0.25, -0.2) is 9.59 Å². The fourth-order valence-corrected chi connectivity index (χ4v) is 4.89. The molecule has 3 aromatic carbocycles. The molecule has 3 N–H and O–H groups in total. The highest BCUT2D eigenvalue weighted by Gasteiger charge is 2.29. The number of ether oxygens (including phenoxy) is 1. The lowest BCUT2D eigenvalue weighted by Gasteiger charge is -2.18. The molecule has 3 aromatic rings. The lowest BCUT2D eigenvalue weighted by molar-refractivity contribution is -0.140. The zero-order valence-electron chi connectivity index (χ0n) is 19.2. The van der Waals surface area contributed by atoms with Crippen LogP contribution in [-0.2, 0) is 9.53 Å². The summed E-state index contributed by atoms with van der Waals surface area (Å²) in [5.74, 6) is -1.88. The number of rotatable bonds is 7. The highest BCUT2D eigenvalue weighted by molar-refractivity contribution is 14.1. The highest BCUT2D eigenvalue weighted by Crippen LogP contribution is 2.44. The first-order valence-corrected chi connectivity index (χ1v) is 12.3. The van der Waals surface area contributed by atoms with E-state index in [1.807, 2.05) is 46.9 Å². The maximum Gasteiger partial charge on any atom is 0.411 e. The molecule has 4 rings (SSSR count). The second kappa shape index (κ2) is 10.5. The van der Waals surface area contributed by atoms with Crippen LogP contribution >= 0.6 is 22.6 Å². The van der Waals surface area contributed by atoms with Crippen molar-refractivity contribution in [3.05, 3.63) is 87.0 Å². The molecule has 180 valence electrons. The zero-order valence-corrected chi connectivity index (χ0v) is 21.4. The molecule has 8 heteroatoms. The van der Waals surface area contributed by atoms with Crippen molar-refractivity contribution in [3.63, 3.8) is 0 Å². The Hall–Kier alpha value is -3.40. The normalized spacial score (nSPS) is 13.0. The Labute approximate surface area is 217 Å². The molecule has 0 aromatic heterocycles. The van der Waals surface area contributed by atoms with Crippen molar-refractivity contribution in [2.24, 2.45) is 5.92 Å². The third-order valence-corrected chi connectivity index (χ3v) is 6.92. The van der Waals surface area contributed by atoms with Gasteiger partial charge in [0.2, 0.25) is 0 Å². The molecule has 2 amide bonds. The lowest BCUT2D eigenvalue weighted by Crippen LogP contribution is -2.44. The Balaban J connectivity index is 1.40. The molecule has 0 saturated heterocycles. The second-order valence-electron chi connectivity index (χ2n) is 8.68. The molecule has 1 aliphatic rings. The quantitative estimate of drug-likeness (QED) is 0.319. The number of hydrogen-bond donors (Lipinski definition) is 3. The summed E-state index contributed by atoms with van der Waals surface area (Å²) in [6, 6.07) is 20.0. The topological polar surface area (TPSA) is 105 Å². The summed E-state index contributed by atoms with van der Waals surface area (Å²) in [6.07, 6.45) is -0.590. The van der Waals surface area contributed by atoms with Crippen LogP contribution in [0.1, 0.15) is 41.3 Å². The summed E-state index contributed by atoms with van der Waals surface area (Å²) in [5.41, 5.74) is 5.38. The van der Waals surface area contributed by atoms with Gasteiger partial charge >= 0.3 is 12.1 Å². The molecule has 1 aliphatic carbocycles. The van der Waals surface area contributed by atoms with Gasteiger partial charge in [-0.15, -0.1) is 0 Å². The van der Waals surface area contributed by atoms with Gasteiger partial charge in [-0.2, -0.15) is 0 Å². The van der Waals surface area contributed by atoms with Crippen LogP contribution < -0.4 is 10.6 Å². The number of carbonyl (C=O) groups excluding carboxylic acids is 2. The van der Waals surface area contributed by atoms with E-state index in [2.05, 4.69) is 34.9 Å². The van der Waals surface area contributed by atoms with Crippen LogP contribution in [0, 0.1) is 9.49 Å². The van der Waals surface area contributed by atoms with Crippen molar-refractivity contribution >= 4 is 46.2 Å². The zero-order chi connectivity index (χ0) is 25.1. The Morgan fingerprint density at radius 3 is 2.11 bits per heavy atom. The van der Waals surface area contributed by atoms with Gasteiger partial charge in [0.1, 0.15) is 12.6 Å². The van der Waals surface area contributed by atoms with E-state index in [9.17, 15) is 19.5 Å². The number of carbonyl (C=O) groups is 3. The number of benzene rings is 3. The molecular weight excluding hydrogens is 559 g/mol. The summed E-state index contributed by atoms with van der Waals surface area (Å²) < 4.78 is 6.21. The molecule has 0 saturated carbocycles. The number of hydrogen-bond acceptors (Lipinski definition) is 4. The van der Waals surface area contributed by atoms with Crippen molar-refractivity contribution < 1.29 is 24.2 Å².